The zero-order valence-electron chi connectivity index (χ0n) is 20.7. The maximum atomic E-state index is 13.2. The van der Waals surface area contributed by atoms with Crippen LogP contribution in [0.3, 0.4) is 0 Å². The minimum atomic E-state index is -1.50. The number of benzene rings is 1. The molecule has 1 aliphatic carbocycles. The van der Waals surface area contributed by atoms with E-state index in [9.17, 15) is 19.2 Å². The second-order valence-electron chi connectivity index (χ2n) is 10.2. The Labute approximate surface area is 200 Å². The summed E-state index contributed by atoms with van der Waals surface area (Å²) in [5.41, 5.74) is 0.0102. The molecule has 2 N–H and O–H groups in total. The van der Waals surface area contributed by atoms with Gasteiger partial charge in [0.25, 0.3) is 0 Å². The van der Waals surface area contributed by atoms with Crippen LogP contribution in [0.1, 0.15) is 50.5 Å². The molecule has 9 heteroatoms. The summed E-state index contributed by atoms with van der Waals surface area (Å²) in [5.74, 6) is -3.96. The first-order valence-electron chi connectivity index (χ1n) is 11.7. The van der Waals surface area contributed by atoms with Crippen LogP contribution in [0.25, 0.3) is 0 Å². The lowest BCUT2D eigenvalue weighted by atomic mass is 9.66. The Bertz CT molecular complexity index is 960. The van der Waals surface area contributed by atoms with Crippen LogP contribution in [0.5, 0.6) is 0 Å². The lowest BCUT2D eigenvalue weighted by Crippen LogP contribution is -2.51. The smallest absolute Gasteiger partial charge is 0.325 e. The van der Waals surface area contributed by atoms with E-state index in [1.165, 1.54) is 0 Å². The van der Waals surface area contributed by atoms with Gasteiger partial charge in [0.2, 0.25) is 5.91 Å². The summed E-state index contributed by atoms with van der Waals surface area (Å²) < 4.78 is 10.5. The van der Waals surface area contributed by atoms with Crippen molar-refractivity contribution in [1.29, 1.82) is 0 Å². The Balaban J connectivity index is 1.69. The molecule has 0 bridgehead atoms. The first-order valence-corrected chi connectivity index (χ1v) is 11.7. The van der Waals surface area contributed by atoms with E-state index in [-0.39, 0.29) is 0 Å². The van der Waals surface area contributed by atoms with Crippen molar-refractivity contribution in [3.63, 3.8) is 0 Å². The summed E-state index contributed by atoms with van der Waals surface area (Å²) in [4.78, 5) is 53.4. The van der Waals surface area contributed by atoms with Gasteiger partial charge in [-0.3, -0.25) is 24.1 Å². The average molecular weight is 474 g/mol. The van der Waals surface area contributed by atoms with Crippen molar-refractivity contribution in [2.24, 2.45) is 5.92 Å². The third-order valence-electron chi connectivity index (χ3n) is 6.05. The van der Waals surface area contributed by atoms with Gasteiger partial charge >= 0.3 is 5.97 Å². The van der Waals surface area contributed by atoms with Gasteiger partial charge in [-0.05, 0) is 58.4 Å². The van der Waals surface area contributed by atoms with E-state index in [0.717, 1.165) is 45.1 Å². The number of rotatable bonds is 7. The molecular weight excluding hydrogens is 438 g/mol. The van der Waals surface area contributed by atoms with Crippen LogP contribution in [0, 0.1) is 5.92 Å². The summed E-state index contributed by atoms with van der Waals surface area (Å²) in [6.07, 6.45) is 0. The van der Waals surface area contributed by atoms with Crippen molar-refractivity contribution >= 4 is 29.1 Å². The lowest BCUT2D eigenvalue weighted by Gasteiger charge is -2.34. The second kappa shape index (κ2) is 10.2. The summed E-state index contributed by atoms with van der Waals surface area (Å²) in [7, 11) is 0. The molecule has 1 fully saturated rings. The molecule has 3 rings (SSSR count). The molecule has 0 aromatic heterocycles. The normalized spacial score (nSPS) is 20.4. The number of ether oxygens (including phenoxy) is 2. The fourth-order valence-corrected chi connectivity index (χ4v) is 4.21. The molecule has 0 radical (unpaired) electrons. The molecule has 1 aliphatic heterocycles. The first kappa shape index (κ1) is 25.8. The third-order valence-corrected chi connectivity index (χ3v) is 6.05. The lowest BCUT2D eigenvalue weighted by molar-refractivity contribution is -0.155. The topological polar surface area (TPSA) is 114 Å². The van der Waals surface area contributed by atoms with Crippen molar-refractivity contribution in [3.8, 4) is 0 Å². The average Bonchev–Trinajstić information content (AvgIpc) is 2.76. The highest BCUT2D eigenvalue weighted by Gasteiger charge is 2.49. The van der Waals surface area contributed by atoms with E-state index in [2.05, 4.69) is 15.5 Å². The predicted octanol–water partition coefficient (Wildman–Crippen LogP) is 1.55. The number of fused-ring (bicyclic) bond motifs is 1. The number of esters is 1. The minimum absolute atomic E-state index is 0.348. The largest absolute Gasteiger partial charge is 0.459 e. The van der Waals surface area contributed by atoms with Gasteiger partial charge in [0.05, 0.1) is 18.6 Å². The quantitative estimate of drug-likeness (QED) is 0.453. The van der Waals surface area contributed by atoms with Gasteiger partial charge in [-0.15, -0.1) is 0 Å². The van der Waals surface area contributed by atoms with Crippen LogP contribution < -0.4 is 10.6 Å². The highest BCUT2D eigenvalue weighted by Crippen LogP contribution is 2.38. The van der Waals surface area contributed by atoms with Crippen LogP contribution in [0.4, 0.5) is 5.69 Å². The van der Waals surface area contributed by atoms with E-state index in [4.69, 9.17) is 9.47 Å². The van der Waals surface area contributed by atoms with E-state index >= 15 is 0 Å². The Kier molecular flexibility index (Phi) is 7.77. The molecule has 2 aliphatic rings. The summed E-state index contributed by atoms with van der Waals surface area (Å²) in [6, 6.07) is 5.27. The van der Waals surface area contributed by atoms with Crippen molar-refractivity contribution in [1.82, 2.24) is 10.2 Å². The highest BCUT2D eigenvalue weighted by atomic mass is 16.6. The molecule has 1 atom stereocenters. The van der Waals surface area contributed by atoms with Crippen LogP contribution in [0.15, 0.2) is 18.2 Å². The van der Waals surface area contributed by atoms with Crippen LogP contribution in [0.2, 0.25) is 0 Å². The number of Topliss-reactive ketones (excluding diaryl/α,β-unsaturated/α-hetero) is 2. The fraction of sp³-hybridized carbons (Fsp3) is 0.600. The number of hydrogen-bond acceptors (Lipinski definition) is 8. The molecule has 1 unspecified atom stereocenters. The molecule has 1 aromatic carbocycles. The Hall–Kier alpha value is -2.78. The number of anilines is 1. The molecule has 0 spiro atoms. The Morgan fingerprint density at radius 3 is 2.50 bits per heavy atom. The van der Waals surface area contributed by atoms with E-state index in [1.54, 1.807) is 46.8 Å². The number of morpholine rings is 1. The Morgan fingerprint density at radius 1 is 1.18 bits per heavy atom. The number of amides is 1. The van der Waals surface area contributed by atoms with Crippen LogP contribution in [-0.2, 0) is 29.3 Å². The van der Waals surface area contributed by atoms with Gasteiger partial charge in [-0.1, -0.05) is 0 Å². The zero-order valence-corrected chi connectivity index (χ0v) is 20.7. The number of hydrogen-bond donors (Lipinski definition) is 2. The van der Waals surface area contributed by atoms with Gasteiger partial charge in [0.1, 0.15) is 12.1 Å². The molecule has 1 saturated heterocycles. The maximum Gasteiger partial charge on any atom is 0.325 e. The number of nitrogens with zero attached hydrogens (tertiary/aromatic N) is 1. The molecular formula is C25H35N3O6. The molecule has 0 saturated carbocycles. The number of carbonyl (C=O) groups excluding carboxylic acids is 4. The zero-order chi connectivity index (χ0) is 25.1. The number of nitrogens with one attached hydrogen (secondary N) is 2. The minimum Gasteiger partial charge on any atom is -0.459 e. The van der Waals surface area contributed by atoms with Crippen LogP contribution >= 0.6 is 0 Å². The van der Waals surface area contributed by atoms with Gasteiger partial charge in [-0.25, -0.2) is 0 Å². The van der Waals surface area contributed by atoms with Crippen LogP contribution in [-0.4, -0.2) is 79.9 Å². The van der Waals surface area contributed by atoms with Gasteiger partial charge < -0.3 is 20.1 Å². The molecule has 1 aromatic rings. The van der Waals surface area contributed by atoms with Gasteiger partial charge in [0.15, 0.2) is 17.5 Å². The van der Waals surface area contributed by atoms with E-state index < -0.39 is 46.9 Å². The highest BCUT2D eigenvalue weighted by molar-refractivity contribution is 6.29. The standard InChI is InChI=1S/C25H35N3O6/c1-24(2,3)34-19(29)15-27-23(32)20-21(30)17-7-6-16(14-18(17)25(4,5)22(20)31)26-8-9-28-10-12-33-13-11-28/h6-7,14,20,26H,8-13,15H2,1-5H3,(H,27,32). The van der Waals surface area contributed by atoms with E-state index in [0.29, 0.717) is 11.1 Å². The second-order valence-corrected chi connectivity index (χ2v) is 10.2. The van der Waals surface area contributed by atoms with Crippen molar-refractivity contribution in [2.45, 2.75) is 45.6 Å². The molecule has 186 valence electrons. The molecule has 1 heterocycles. The van der Waals surface area contributed by atoms with E-state index in [1.807, 2.05) is 6.07 Å². The number of carbonyl (C=O) groups is 4. The molecule has 34 heavy (non-hydrogen) atoms. The predicted molar refractivity (Wildman–Crippen MR) is 127 cm³/mol. The van der Waals surface area contributed by atoms with Crippen molar-refractivity contribution in [3.05, 3.63) is 29.3 Å². The molecule has 9 nitrogen and oxygen atoms in total. The summed E-state index contributed by atoms with van der Waals surface area (Å²) in [5, 5.41) is 5.75. The van der Waals surface area contributed by atoms with Gasteiger partial charge in [0, 0.05) is 37.4 Å². The monoisotopic (exact) mass is 473 g/mol. The Morgan fingerprint density at radius 2 is 1.85 bits per heavy atom. The third kappa shape index (κ3) is 6.01. The van der Waals surface area contributed by atoms with Gasteiger partial charge in [-0.2, -0.15) is 0 Å². The summed E-state index contributed by atoms with van der Waals surface area (Å²) in [6.45, 7) is 13.0. The maximum absolute atomic E-state index is 13.2. The van der Waals surface area contributed by atoms with Crippen molar-refractivity contribution in [2.75, 3.05) is 51.3 Å². The summed E-state index contributed by atoms with van der Waals surface area (Å²) >= 11 is 0. The first-order chi connectivity index (χ1) is 15.9. The number of ketones is 2. The fourth-order valence-electron chi connectivity index (χ4n) is 4.21. The van der Waals surface area contributed by atoms with Crippen molar-refractivity contribution < 1.29 is 28.7 Å². The molecule has 1 amide bonds. The SMILES string of the molecule is CC(C)(C)OC(=O)CNC(=O)C1C(=O)c2ccc(NCCN3CCOCC3)cc2C(C)(C)C1=O.